The molecule has 0 aliphatic carbocycles. The number of aromatic nitrogens is 6. The Bertz CT molecular complexity index is 1150. The largest absolute Gasteiger partial charge is 0.490 e. The minimum Gasteiger partial charge on any atom is -0.490 e. The molecule has 28 heavy (non-hydrogen) atoms. The number of rotatable bonds is 6. The van der Waals surface area contributed by atoms with Gasteiger partial charge in [-0.2, -0.15) is 9.61 Å². The summed E-state index contributed by atoms with van der Waals surface area (Å²) in [4.78, 5) is 12.4. The van der Waals surface area contributed by atoms with E-state index in [4.69, 9.17) is 9.47 Å². The van der Waals surface area contributed by atoms with E-state index in [0.717, 1.165) is 10.9 Å². The van der Waals surface area contributed by atoms with E-state index in [-0.39, 0.29) is 24.5 Å². The third-order valence-electron chi connectivity index (χ3n) is 3.95. The summed E-state index contributed by atoms with van der Waals surface area (Å²) < 4.78 is 14.5. The second kappa shape index (κ2) is 7.14. The Morgan fingerprint density at radius 1 is 1.21 bits per heavy atom. The van der Waals surface area contributed by atoms with Crippen LogP contribution in [0.3, 0.4) is 0 Å². The van der Waals surface area contributed by atoms with E-state index in [1.54, 1.807) is 16.8 Å². The minimum atomic E-state index is -0.356. The van der Waals surface area contributed by atoms with Crippen LogP contribution in [-0.4, -0.2) is 48.2 Å². The molecule has 0 spiro atoms. The van der Waals surface area contributed by atoms with Gasteiger partial charge in [0.05, 0.1) is 17.0 Å². The van der Waals surface area contributed by atoms with Crippen LogP contribution in [0.25, 0.3) is 16.6 Å². The molecule has 144 valence electrons. The first-order valence-electron chi connectivity index (χ1n) is 8.73. The van der Waals surface area contributed by atoms with E-state index >= 15 is 0 Å². The number of fused-ring (bicyclic) bond motifs is 2. The second-order valence-electron chi connectivity index (χ2n) is 6.43. The maximum absolute atomic E-state index is 12.4. The molecule has 0 aliphatic heterocycles. The Kier molecular flexibility index (Phi) is 4.52. The van der Waals surface area contributed by atoms with E-state index < -0.39 is 0 Å². The van der Waals surface area contributed by atoms with Gasteiger partial charge < -0.3 is 14.8 Å². The Morgan fingerprint density at radius 3 is 2.89 bits per heavy atom. The topological polar surface area (TPSA) is 108 Å². The van der Waals surface area contributed by atoms with Crippen LogP contribution in [0.5, 0.6) is 11.6 Å². The second-order valence-corrected chi connectivity index (χ2v) is 6.43. The van der Waals surface area contributed by atoms with Gasteiger partial charge in [-0.1, -0.05) is 6.07 Å². The zero-order valence-electron chi connectivity index (χ0n) is 15.7. The Labute approximate surface area is 160 Å². The first-order valence-corrected chi connectivity index (χ1v) is 8.73. The van der Waals surface area contributed by atoms with Crippen molar-refractivity contribution in [2.75, 3.05) is 11.9 Å². The van der Waals surface area contributed by atoms with Gasteiger partial charge in [-0.3, -0.25) is 9.48 Å². The summed E-state index contributed by atoms with van der Waals surface area (Å²) in [6, 6.07) is 8.99. The predicted octanol–water partition coefficient (Wildman–Crippen LogP) is 1.82. The maximum Gasteiger partial charge on any atom is 0.263 e. The molecule has 3 aromatic heterocycles. The van der Waals surface area contributed by atoms with Gasteiger partial charge >= 0.3 is 0 Å². The molecule has 0 radical (unpaired) electrons. The van der Waals surface area contributed by atoms with Gasteiger partial charge in [0.1, 0.15) is 12.1 Å². The standard InChI is InChI=1S/C18H19N7O3/c1-11(2)28-13-6-4-5-12-17(13)18(23-24(12)3)20-15(26)9-27-16-8-7-14-21-19-10-25(14)22-16/h4-8,10-11H,9H2,1-3H3,(H,20,23,26). The van der Waals surface area contributed by atoms with Crippen LogP contribution in [-0.2, 0) is 11.8 Å². The summed E-state index contributed by atoms with van der Waals surface area (Å²) >= 11 is 0. The number of nitrogens with one attached hydrogen (secondary N) is 1. The van der Waals surface area contributed by atoms with Crippen molar-refractivity contribution < 1.29 is 14.3 Å². The Balaban J connectivity index is 1.51. The lowest BCUT2D eigenvalue weighted by Crippen LogP contribution is -2.21. The van der Waals surface area contributed by atoms with E-state index in [1.165, 1.54) is 10.8 Å². The highest BCUT2D eigenvalue weighted by atomic mass is 16.5. The van der Waals surface area contributed by atoms with Gasteiger partial charge in [0, 0.05) is 13.1 Å². The fourth-order valence-electron chi connectivity index (χ4n) is 2.82. The lowest BCUT2D eigenvalue weighted by atomic mass is 10.2. The molecular formula is C18H19N7O3. The summed E-state index contributed by atoms with van der Waals surface area (Å²) in [5, 5.41) is 19.7. The van der Waals surface area contributed by atoms with Gasteiger partial charge in [-0.25, -0.2) is 0 Å². The van der Waals surface area contributed by atoms with Crippen LogP contribution >= 0.6 is 0 Å². The normalized spacial score (nSPS) is 11.3. The molecule has 0 saturated heterocycles. The van der Waals surface area contributed by atoms with Gasteiger partial charge in [-0.15, -0.1) is 15.3 Å². The molecule has 4 rings (SSSR count). The van der Waals surface area contributed by atoms with Gasteiger partial charge in [-0.05, 0) is 32.0 Å². The summed E-state index contributed by atoms with van der Waals surface area (Å²) in [5.41, 5.74) is 1.45. The van der Waals surface area contributed by atoms with Crippen LogP contribution in [0.15, 0.2) is 36.7 Å². The van der Waals surface area contributed by atoms with Crippen molar-refractivity contribution >= 4 is 28.3 Å². The van der Waals surface area contributed by atoms with Crippen LogP contribution < -0.4 is 14.8 Å². The number of carbonyl (C=O) groups is 1. The number of ether oxygens (including phenoxy) is 2. The highest BCUT2D eigenvalue weighted by Crippen LogP contribution is 2.32. The van der Waals surface area contributed by atoms with Gasteiger partial charge in [0.25, 0.3) is 5.91 Å². The van der Waals surface area contributed by atoms with Crippen molar-refractivity contribution in [3.63, 3.8) is 0 Å². The van der Waals surface area contributed by atoms with E-state index in [2.05, 4.69) is 25.7 Å². The van der Waals surface area contributed by atoms with Crippen molar-refractivity contribution in [2.24, 2.45) is 7.05 Å². The third-order valence-corrected chi connectivity index (χ3v) is 3.95. The number of hydrogen-bond acceptors (Lipinski definition) is 7. The highest BCUT2D eigenvalue weighted by Gasteiger charge is 2.17. The zero-order valence-corrected chi connectivity index (χ0v) is 15.7. The number of benzene rings is 1. The van der Waals surface area contributed by atoms with Crippen molar-refractivity contribution in [2.45, 2.75) is 20.0 Å². The number of hydrogen-bond donors (Lipinski definition) is 1. The molecule has 0 unspecified atom stereocenters. The number of nitrogens with zero attached hydrogens (tertiary/aromatic N) is 6. The molecule has 3 heterocycles. The van der Waals surface area contributed by atoms with Gasteiger partial charge in [0.2, 0.25) is 5.88 Å². The zero-order chi connectivity index (χ0) is 19.7. The molecule has 1 N–H and O–H groups in total. The number of carbonyl (C=O) groups excluding carboxylic acids is 1. The minimum absolute atomic E-state index is 0.00338. The first kappa shape index (κ1) is 17.7. The quantitative estimate of drug-likeness (QED) is 0.542. The lowest BCUT2D eigenvalue weighted by molar-refractivity contribution is -0.118. The molecule has 0 fully saturated rings. The van der Waals surface area contributed by atoms with Crippen molar-refractivity contribution in [1.82, 2.24) is 29.6 Å². The van der Waals surface area contributed by atoms with Gasteiger partial charge in [0.15, 0.2) is 18.1 Å². The third kappa shape index (κ3) is 3.43. The average molecular weight is 381 g/mol. The SMILES string of the molecule is CC(C)Oc1cccc2c1c(NC(=O)COc1ccc3nncn3n1)nn2C. The predicted molar refractivity (Wildman–Crippen MR) is 101 cm³/mol. The monoisotopic (exact) mass is 381 g/mol. The summed E-state index contributed by atoms with van der Waals surface area (Å²) in [7, 11) is 1.81. The Hall–Kier alpha value is -3.69. The molecule has 0 bridgehead atoms. The maximum atomic E-state index is 12.4. The van der Waals surface area contributed by atoms with Crippen LogP contribution in [0.1, 0.15) is 13.8 Å². The number of aryl methyl sites for hydroxylation is 1. The number of amides is 1. The fourth-order valence-corrected chi connectivity index (χ4v) is 2.82. The first-order chi connectivity index (χ1) is 13.5. The average Bonchev–Trinajstić information content (AvgIpc) is 3.24. The smallest absolute Gasteiger partial charge is 0.263 e. The van der Waals surface area contributed by atoms with Crippen LogP contribution in [0.2, 0.25) is 0 Å². The van der Waals surface area contributed by atoms with E-state index in [1.807, 2.05) is 39.1 Å². The Morgan fingerprint density at radius 2 is 2.07 bits per heavy atom. The summed E-state index contributed by atoms with van der Waals surface area (Å²) in [6.45, 7) is 3.67. The molecule has 0 saturated carbocycles. The van der Waals surface area contributed by atoms with Crippen molar-refractivity contribution in [3.05, 3.63) is 36.7 Å². The lowest BCUT2D eigenvalue weighted by Gasteiger charge is -2.11. The molecule has 1 aromatic carbocycles. The molecule has 10 nitrogen and oxygen atoms in total. The van der Waals surface area contributed by atoms with Crippen molar-refractivity contribution in [3.8, 4) is 11.6 Å². The van der Waals surface area contributed by atoms with Crippen molar-refractivity contribution in [1.29, 1.82) is 0 Å². The van der Waals surface area contributed by atoms with Crippen LogP contribution in [0, 0.1) is 0 Å². The molecule has 10 heteroatoms. The fraction of sp³-hybridized carbons (Fsp3) is 0.278. The molecule has 0 aliphatic rings. The molecular weight excluding hydrogens is 362 g/mol. The molecule has 0 atom stereocenters. The van der Waals surface area contributed by atoms with Crippen LogP contribution in [0.4, 0.5) is 5.82 Å². The molecule has 4 aromatic rings. The highest BCUT2D eigenvalue weighted by molar-refractivity contribution is 6.03. The summed E-state index contributed by atoms with van der Waals surface area (Å²) in [5.74, 6) is 1.02. The number of anilines is 1. The van der Waals surface area contributed by atoms with E-state index in [0.29, 0.717) is 17.2 Å². The molecule has 1 amide bonds. The van der Waals surface area contributed by atoms with E-state index in [9.17, 15) is 4.79 Å². The summed E-state index contributed by atoms with van der Waals surface area (Å²) in [6.07, 6.45) is 1.45.